The summed E-state index contributed by atoms with van der Waals surface area (Å²) in [6.07, 6.45) is 1.51. The monoisotopic (exact) mass is 326 g/mol. The highest BCUT2D eigenvalue weighted by atomic mass is 16.5. The van der Waals surface area contributed by atoms with Gasteiger partial charge < -0.3 is 19.5 Å². The molecule has 0 aliphatic heterocycles. The molecule has 1 aromatic carbocycles. The average Bonchev–Trinajstić information content (AvgIpc) is 3.05. The molecule has 0 amide bonds. The lowest BCUT2D eigenvalue weighted by atomic mass is 10.0. The van der Waals surface area contributed by atoms with Gasteiger partial charge in [0.05, 0.1) is 35.6 Å². The Labute approximate surface area is 135 Å². The van der Waals surface area contributed by atoms with Crippen molar-refractivity contribution in [1.29, 1.82) is 0 Å². The first-order valence-corrected chi connectivity index (χ1v) is 7.25. The molecular formula is C16H14N4O4. The number of hydrogen-bond donors (Lipinski definition) is 2. The van der Waals surface area contributed by atoms with Gasteiger partial charge in [-0.05, 0) is 26.0 Å². The molecule has 0 atom stereocenters. The van der Waals surface area contributed by atoms with Gasteiger partial charge in [0, 0.05) is 10.9 Å². The molecule has 0 radical (unpaired) electrons. The second-order valence-electron chi connectivity index (χ2n) is 5.53. The largest absolute Gasteiger partial charge is 0.496 e. The van der Waals surface area contributed by atoms with E-state index < -0.39 is 5.69 Å². The molecular weight excluding hydrogens is 312 g/mol. The maximum Gasteiger partial charge on any atom is 0.359 e. The predicted octanol–water partition coefficient (Wildman–Crippen LogP) is 2.40. The summed E-state index contributed by atoms with van der Waals surface area (Å²) < 4.78 is 11.3. The van der Waals surface area contributed by atoms with Gasteiger partial charge in [0.15, 0.2) is 0 Å². The van der Waals surface area contributed by atoms with Crippen molar-refractivity contribution < 1.29 is 14.5 Å². The summed E-state index contributed by atoms with van der Waals surface area (Å²) in [5, 5.41) is 14.6. The summed E-state index contributed by atoms with van der Waals surface area (Å²) in [5.41, 5.74) is 3.16. The molecule has 4 aromatic rings. The maximum absolute atomic E-state index is 11.7. The Balaban J connectivity index is 2.13. The number of imidazole rings is 1. The number of pyridine rings is 1. The zero-order chi connectivity index (χ0) is 17.0. The number of fused-ring (bicyclic) bond motifs is 3. The van der Waals surface area contributed by atoms with E-state index in [1.807, 2.05) is 19.9 Å². The number of nitrogens with zero attached hydrogens (tertiary/aromatic N) is 3. The number of ether oxygens (including phenoxy) is 1. The third-order valence-corrected chi connectivity index (χ3v) is 4.11. The van der Waals surface area contributed by atoms with Crippen molar-refractivity contribution in [2.75, 3.05) is 7.11 Å². The molecule has 0 bridgehead atoms. The van der Waals surface area contributed by atoms with Crippen molar-refractivity contribution >= 4 is 21.9 Å². The van der Waals surface area contributed by atoms with Crippen LogP contribution in [0.1, 0.15) is 11.5 Å². The number of rotatable bonds is 2. The molecule has 8 nitrogen and oxygen atoms in total. The Bertz CT molecular complexity index is 1130. The van der Waals surface area contributed by atoms with Crippen molar-refractivity contribution in [3.05, 3.63) is 40.3 Å². The minimum atomic E-state index is -0.618. The first kappa shape index (κ1) is 14.3. The predicted molar refractivity (Wildman–Crippen MR) is 86.6 cm³/mol. The number of benzene rings is 1. The minimum Gasteiger partial charge on any atom is -0.496 e. The highest BCUT2D eigenvalue weighted by Gasteiger charge is 2.19. The van der Waals surface area contributed by atoms with Crippen LogP contribution >= 0.6 is 0 Å². The van der Waals surface area contributed by atoms with E-state index in [1.54, 1.807) is 13.2 Å². The van der Waals surface area contributed by atoms with Crippen LogP contribution in [-0.4, -0.2) is 32.2 Å². The summed E-state index contributed by atoms with van der Waals surface area (Å²) in [6.45, 7) is 3.68. The summed E-state index contributed by atoms with van der Waals surface area (Å²) in [6, 6.07) is 3.57. The van der Waals surface area contributed by atoms with E-state index in [2.05, 4.69) is 15.1 Å². The topological polar surface area (TPSA) is 106 Å². The van der Waals surface area contributed by atoms with Gasteiger partial charge in [-0.1, -0.05) is 5.16 Å². The van der Waals surface area contributed by atoms with E-state index in [4.69, 9.17) is 9.26 Å². The van der Waals surface area contributed by atoms with Crippen molar-refractivity contribution in [1.82, 2.24) is 19.9 Å². The molecule has 3 heterocycles. The number of methoxy groups -OCH3 is 1. The Hall–Kier alpha value is -3.29. The molecule has 4 rings (SSSR count). The third-order valence-electron chi connectivity index (χ3n) is 4.11. The Morgan fingerprint density at radius 2 is 2.12 bits per heavy atom. The molecule has 0 saturated carbocycles. The number of aryl methyl sites for hydroxylation is 2. The Morgan fingerprint density at radius 1 is 1.33 bits per heavy atom. The molecule has 2 N–H and O–H groups in total. The highest BCUT2D eigenvalue weighted by molar-refractivity contribution is 6.04. The first-order chi connectivity index (χ1) is 11.5. The van der Waals surface area contributed by atoms with Gasteiger partial charge in [-0.25, -0.2) is 4.79 Å². The zero-order valence-corrected chi connectivity index (χ0v) is 13.2. The van der Waals surface area contributed by atoms with E-state index in [0.29, 0.717) is 38.2 Å². The molecule has 0 spiro atoms. The van der Waals surface area contributed by atoms with E-state index in [-0.39, 0.29) is 0 Å². The molecule has 122 valence electrons. The fourth-order valence-corrected chi connectivity index (χ4v) is 3.03. The van der Waals surface area contributed by atoms with Crippen LogP contribution in [0.4, 0.5) is 0 Å². The van der Waals surface area contributed by atoms with Crippen molar-refractivity contribution in [2.24, 2.45) is 0 Å². The van der Waals surface area contributed by atoms with E-state index >= 15 is 0 Å². The van der Waals surface area contributed by atoms with Crippen LogP contribution in [0.3, 0.4) is 0 Å². The van der Waals surface area contributed by atoms with Gasteiger partial charge in [0.2, 0.25) is 0 Å². The molecule has 0 aliphatic carbocycles. The van der Waals surface area contributed by atoms with Crippen molar-refractivity contribution in [3.63, 3.8) is 0 Å². The van der Waals surface area contributed by atoms with Crippen LogP contribution < -0.4 is 10.4 Å². The molecule has 24 heavy (non-hydrogen) atoms. The van der Waals surface area contributed by atoms with Crippen LogP contribution in [0, 0.1) is 13.8 Å². The number of aromatic amines is 1. The molecule has 8 heteroatoms. The number of H-pyrrole nitrogens is 1. The lowest BCUT2D eigenvalue weighted by molar-refractivity contribution is 0.188. The first-order valence-electron chi connectivity index (χ1n) is 7.25. The second-order valence-corrected chi connectivity index (χ2v) is 5.53. The normalized spacial score (nSPS) is 11.5. The second kappa shape index (κ2) is 4.85. The maximum atomic E-state index is 11.7. The van der Waals surface area contributed by atoms with Gasteiger partial charge in [-0.2, -0.15) is 0 Å². The highest BCUT2D eigenvalue weighted by Crippen LogP contribution is 2.38. The van der Waals surface area contributed by atoms with Gasteiger partial charge in [0.25, 0.3) is 0 Å². The standard InChI is InChI=1S/C16H14N4O4/c1-7-14(8(2)24-19-7)10-4-11-9(5-13(10)23-3)15-12(6-17-11)18-16(21)20(15)22/h4-6,22H,1-3H3,(H,18,21). The fraction of sp³-hybridized carbons (Fsp3) is 0.188. The molecule has 0 saturated heterocycles. The lowest BCUT2D eigenvalue weighted by Gasteiger charge is -2.10. The zero-order valence-electron chi connectivity index (χ0n) is 13.2. The molecule has 3 aromatic heterocycles. The SMILES string of the molecule is COc1cc2c(cc1-c1c(C)noc1C)ncc1[nH]c(=O)n(O)c12. The van der Waals surface area contributed by atoms with Crippen LogP contribution in [0.5, 0.6) is 5.75 Å². The summed E-state index contributed by atoms with van der Waals surface area (Å²) >= 11 is 0. The molecule has 0 unspecified atom stereocenters. The van der Waals surface area contributed by atoms with Crippen LogP contribution in [0.2, 0.25) is 0 Å². The smallest absolute Gasteiger partial charge is 0.359 e. The van der Waals surface area contributed by atoms with E-state index in [0.717, 1.165) is 16.8 Å². The number of aromatic nitrogens is 4. The minimum absolute atomic E-state index is 0.355. The summed E-state index contributed by atoms with van der Waals surface area (Å²) in [4.78, 5) is 18.6. The van der Waals surface area contributed by atoms with Crippen LogP contribution in [0.15, 0.2) is 27.6 Å². The van der Waals surface area contributed by atoms with Gasteiger partial charge >= 0.3 is 5.69 Å². The van der Waals surface area contributed by atoms with Gasteiger partial charge in [0.1, 0.15) is 17.0 Å². The van der Waals surface area contributed by atoms with Crippen molar-refractivity contribution in [3.8, 4) is 16.9 Å². The summed E-state index contributed by atoms with van der Waals surface area (Å²) in [7, 11) is 1.56. The Kier molecular flexibility index (Phi) is 2.89. The number of nitrogens with one attached hydrogen (secondary N) is 1. The summed E-state index contributed by atoms with van der Waals surface area (Å²) in [5.74, 6) is 1.24. The van der Waals surface area contributed by atoms with Crippen molar-refractivity contribution in [2.45, 2.75) is 13.8 Å². The average molecular weight is 326 g/mol. The van der Waals surface area contributed by atoms with Crippen LogP contribution in [0.25, 0.3) is 33.1 Å². The Morgan fingerprint density at radius 3 is 2.79 bits per heavy atom. The van der Waals surface area contributed by atoms with E-state index in [1.165, 1.54) is 6.20 Å². The van der Waals surface area contributed by atoms with Gasteiger partial charge in [-0.3, -0.25) is 4.98 Å². The fourth-order valence-electron chi connectivity index (χ4n) is 3.03. The molecule has 0 fully saturated rings. The van der Waals surface area contributed by atoms with Crippen LogP contribution in [-0.2, 0) is 0 Å². The quantitative estimate of drug-likeness (QED) is 0.548. The van der Waals surface area contributed by atoms with E-state index in [9.17, 15) is 10.0 Å². The lowest BCUT2D eigenvalue weighted by Crippen LogP contribution is -2.13. The molecule has 0 aliphatic rings. The third kappa shape index (κ3) is 1.82. The van der Waals surface area contributed by atoms with Gasteiger partial charge in [-0.15, -0.1) is 4.73 Å². The number of hydrogen-bond acceptors (Lipinski definition) is 6.